The van der Waals surface area contributed by atoms with E-state index in [0.717, 1.165) is 12.5 Å². The molecule has 0 atom stereocenters. The fraction of sp³-hybridized carbons (Fsp3) is 1.00. The Hall–Kier alpha value is -0.0800. The first-order valence-electron chi connectivity index (χ1n) is 6.00. The van der Waals surface area contributed by atoms with Gasteiger partial charge in [-0.1, -0.05) is 20.8 Å². The van der Waals surface area contributed by atoms with Crippen molar-refractivity contribution in [2.45, 2.75) is 40.0 Å². The normalized spacial score (nSPS) is 17.8. The Morgan fingerprint density at radius 3 is 2.43 bits per heavy atom. The van der Waals surface area contributed by atoms with Crippen LogP contribution in [0.2, 0.25) is 0 Å². The Labute approximate surface area is 88.8 Å². The van der Waals surface area contributed by atoms with Crippen LogP contribution in [0.15, 0.2) is 0 Å². The third-order valence-electron chi connectivity index (χ3n) is 3.32. The van der Waals surface area contributed by atoms with Gasteiger partial charge in [0.15, 0.2) is 0 Å². The smallest absolute Gasteiger partial charge is 0.000955 e. The van der Waals surface area contributed by atoms with Crippen molar-refractivity contribution < 1.29 is 0 Å². The van der Waals surface area contributed by atoms with Crippen molar-refractivity contribution in [2.75, 3.05) is 26.2 Å². The highest BCUT2D eigenvalue weighted by atomic mass is 15.1. The van der Waals surface area contributed by atoms with Gasteiger partial charge in [-0.25, -0.2) is 0 Å². The highest BCUT2D eigenvalue weighted by Gasteiger charge is 2.24. The molecule has 1 rings (SSSR count). The summed E-state index contributed by atoms with van der Waals surface area (Å²) in [5, 5.41) is 0. The van der Waals surface area contributed by atoms with Gasteiger partial charge in [0.2, 0.25) is 0 Å². The van der Waals surface area contributed by atoms with Crippen molar-refractivity contribution in [2.24, 2.45) is 17.1 Å². The highest BCUT2D eigenvalue weighted by Crippen LogP contribution is 2.30. The van der Waals surface area contributed by atoms with Gasteiger partial charge in [0.1, 0.15) is 0 Å². The molecule has 0 spiro atoms. The van der Waals surface area contributed by atoms with Crippen molar-refractivity contribution in [1.82, 2.24) is 4.90 Å². The Kier molecular flexibility index (Phi) is 4.39. The van der Waals surface area contributed by atoms with E-state index in [-0.39, 0.29) is 0 Å². The fourth-order valence-electron chi connectivity index (χ4n) is 1.61. The van der Waals surface area contributed by atoms with E-state index in [9.17, 15) is 0 Å². The molecule has 1 saturated carbocycles. The van der Waals surface area contributed by atoms with Gasteiger partial charge in [0.25, 0.3) is 0 Å². The molecule has 0 aromatic heterocycles. The summed E-state index contributed by atoms with van der Waals surface area (Å²) in [5.41, 5.74) is 6.05. The number of rotatable bonds is 7. The zero-order chi connectivity index (χ0) is 10.6. The van der Waals surface area contributed by atoms with Crippen LogP contribution in [-0.4, -0.2) is 31.1 Å². The molecule has 0 aliphatic heterocycles. The van der Waals surface area contributed by atoms with Gasteiger partial charge in [0, 0.05) is 6.54 Å². The minimum absolute atomic E-state index is 0.316. The molecule has 2 nitrogen and oxygen atoms in total. The summed E-state index contributed by atoms with van der Waals surface area (Å²) in [5.74, 6) is 1.01. The van der Waals surface area contributed by atoms with Gasteiger partial charge in [-0.05, 0) is 50.2 Å². The first-order chi connectivity index (χ1) is 6.57. The number of hydrogen-bond acceptors (Lipinski definition) is 2. The second-order valence-electron chi connectivity index (χ2n) is 5.45. The minimum Gasteiger partial charge on any atom is -0.330 e. The zero-order valence-electron chi connectivity index (χ0n) is 10.1. The number of nitrogens with zero attached hydrogens (tertiary/aromatic N) is 1. The van der Waals surface area contributed by atoms with Crippen molar-refractivity contribution >= 4 is 0 Å². The fourth-order valence-corrected chi connectivity index (χ4v) is 1.61. The summed E-state index contributed by atoms with van der Waals surface area (Å²) in [6.45, 7) is 11.3. The van der Waals surface area contributed by atoms with Crippen molar-refractivity contribution in [3.8, 4) is 0 Å². The second kappa shape index (κ2) is 5.13. The molecule has 84 valence electrons. The average Bonchev–Trinajstić information content (AvgIpc) is 2.96. The molecule has 0 aromatic carbocycles. The van der Waals surface area contributed by atoms with E-state index < -0.39 is 0 Å². The molecular formula is C12H26N2. The lowest BCUT2D eigenvalue weighted by atomic mass is 9.89. The quantitative estimate of drug-likeness (QED) is 0.679. The summed E-state index contributed by atoms with van der Waals surface area (Å²) in [4.78, 5) is 2.58. The van der Waals surface area contributed by atoms with Gasteiger partial charge in [-0.2, -0.15) is 0 Å². The molecule has 1 aliphatic rings. The van der Waals surface area contributed by atoms with Crippen molar-refractivity contribution in [1.29, 1.82) is 0 Å². The minimum atomic E-state index is 0.316. The Bertz CT molecular complexity index is 162. The van der Waals surface area contributed by atoms with Crippen LogP contribution in [0.1, 0.15) is 40.0 Å². The molecule has 0 radical (unpaired) electrons. The molecule has 1 fully saturated rings. The van der Waals surface area contributed by atoms with Crippen LogP contribution in [0.4, 0.5) is 0 Å². The molecule has 14 heavy (non-hydrogen) atoms. The molecule has 0 saturated heterocycles. The molecule has 0 bridgehead atoms. The van der Waals surface area contributed by atoms with Gasteiger partial charge in [-0.15, -0.1) is 0 Å². The van der Waals surface area contributed by atoms with Crippen molar-refractivity contribution in [3.63, 3.8) is 0 Å². The van der Waals surface area contributed by atoms with Crippen LogP contribution in [0.3, 0.4) is 0 Å². The van der Waals surface area contributed by atoms with E-state index >= 15 is 0 Å². The van der Waals surface area contributed by atoms with Crippen LogP contribution >= 0.6 is 0 Å². The largest absolute Gasteiger partial charge is 0.330 e. The lowest BCUT2D eigenvalue weighted by Gasteiger charge is -2.27. The summed E-state index contributed by atoms with van der Waals surface area (Å²) < 4.78 is 0. The maximum absolute atomic E-state index is 5.73. The molecular weight excluding hydrogens is 172 g/mol. The maximum Gasteiger partial charge on any atom is 0.000955 e. The first kappa shape index (κ1) is 12.0. The van der Waals surface area contributed by atoms with E-state index in [1.54, 1.807) is 0 Å². The third kappa shape index (κ3) is 4.43. The monoisotopic (exact) mass is 198 g/mol. The number of nitrogens with two attached hydrogens (primary N) is 1. The Morgan fingerprint density at radius 1 is 1.36 bits per heavy atom. The van der Waals surface area contributed by atoms with Crippen LogP contribution in [0, 0.1) is 11.3 Å². The SMILES string of the molecule is CCN(CCC(C)(C)CN)CC1CC1. The highest BCUT2D eigenvalue weighted by molar-refractivity contribution is 4.78. The standard InChI is InChI=1S/C12H26N2/c1-4-14(9-11-5-6-11)8-7-12(2,3)10-13/h11H,4-10,13H2,1-3H3. The predicted molar refractivity (Wildman–Crippen MR) is 62.3 cm³/mol. The summed E-state index contributed by atoms with van der Waals surface area (Å²) in [6, 6.07) is 0. The van der Waals surface area contributed by atoms with Crippen molar-refractivity contribution in [3.05, 3.63) is 0 Å². The van der Waals surface area contributed by atoms with E-state index in [4.69, 9.17) is 5.73 Å². The van der Waals surface area contributed by atoms with Crippen LogP contribution in [-0.2, 0) is 0 Å². The first-order valence-corrected chi connectivity index (χ1v) is 6.00. The Balaban J connectivity index is 2.18. The molecule has 0 unspecified atom stereocenters. The average molecular weight is 198 g/mol. The van der Waals surface area contributed by atoms with E-state index in [2.05, 4.69) is 25.7 Å². The lowest BCUT2D eigenvalue weighted by molar-refractivity contribution is 0.222. The predicted octanol–water partition coefficient (Wildman–Crippen LogP) is 2.09. The molecule has 0 heterocycles. The second-order valence-corrected chi connectivity index (χ2v) is 5.45. The van der Waals surface area contributed by atoms with Gasteiger partial charge >= 0.3 is 0 Å². The molecule has 2 heteroatoms. The molecule has 0 amide bonds. The zero-order valence-corrected chi connectivity index (χ0v) is 10.1. The van der Waals surface area contributed by atoms with Crippen LogP contribution < -0.4 is 5.73 Å². The van der Waals surface area contributed by atoms with Crippen LogP contribution in [0.25, 0.3) is 0 Å². The van der Waals surface area contributed by atoms with E-state index in [0.29, 0.717) is 5.41 Å². The van der Waals surface area contributed by atoms with Gasteiger partial charge < -0.3 is 10.6 Å². The summed E-state index contributed by atoms with van der Waals surface area (Å²) in [6.07, 6.45) is 4.14. The summed E-state index contributed by atoms with van der Waals surface area (Å²) in [7, 11) is 0. The lowest BCUT2D eigenvalue weighted by Crippen LogP contribution is -2.33. The molecule has 2 N–H and O–H groups in total. The topological polar surface area (TPSA) is 29.3 Å². The van der Waals surface area contributed by atoms with E-state index in [1.165, 1.54) is 38.9 Å². The molecule has 1 aliphatic carbocycles. The van der Waals surface area contributed by atoms with Gasteiger partial charge in [0.05, 0.1) is 0 Å². The molecule has 0 aromatic rings. The maximum atomic E-state index is 5.73. The van der Waals surface area contributed by atoms with Crippen LogP contribution in [0.5, 0.6) is 0 Å². The summed E-state index contributed by atoms with van der Waals surface area (Å²) >= 11 is 0. The number of hydrogen-bond donors (Lipinski definition) is 1. The van der Waals surface area contributed by atoms with Gasteiger partial charge in [-0.3, -0.25) is 0 Å². The third-order valence-corrected chi connectivity index (χ3v) is 3.32. The Morgan fingerprint density at radius 2 is 2.00 bits per heavy atom. The van der Waals surface area contributed by atoms with E-state index in [1.807, 2.05) is 0 Å².